The van der Waals surface area contributed by atoms with Gasteiger partial charge in [-0.05, 0) is 24.6 Å². The van der Waals surface area contributed by atoms with Crippen LogP contribution in [-0.4, -0.2) is 29.2 Å². The molecule has 5 nitrogen and oxygen atoms in total. The van der Waals surface area contributed by atoms with Crippen molar-refractivity contribution in [1.82, 2.24) is 15.0 Å². The van der Waals surface area contributed by atoms with Gasteiger partial charge in [0, 0.05) is 29.3 Å². The number of rotatable bonds is 3. The lowest BCUT2D eigenvalue weighted by atomic mass is 10.1. The van der Waals surface area contributed by atoms with Crippen molar-refractivity contribution in [2.24, 2.45) is 0 Å². The number of methoxy groups -OCH3 is 2. The van der Waals surface area contributed by atoms with E-state index in [1.54, 1.807) is 12.3 Å². The maximum Gasteiger partial charge on any atom is 0.316 e. The summed E-state index contributed by atoms with van der Waals surface area (Å²) in [5, 5.41) is 1.66. The molecule has 0 aliphatic carbocycles. The number of halogens is 1. The fourth-order valence-electron chi connectivity index (χ4n) is 2.74. The maximum atomic E-state index is 13.9. The van der Waals surface area contributed by atoms with Crippen molar-refractivity contribution >= 4 is 32.5 Å². The van der Waals surface area contributed by atoms with Gasteiger partial charge in [-0.15, -0.1) is 11.3 Å². The van der Waals surface area contributed by atoms with E-state index in [1.807, 2.05) is 19.1 Å². The standard InChI is InChI=1S/C18H14FN3O2S/c1-9-4-10-8-20-18(24-3)22-16(10)11(5-9)17-21-13-6-12(19)14(23-2)7-15(13)25-17/h4-8H,1-3H3. The SMILES string of the molecule is COc1ncc2cc(C)cc(-c3nc4cc(F)c(OC)cc4s3)c2n1. The van der Waals surface area contributed by atoms with Crippen LogP contribution in [0, 0.1) is 12.7 Å². The number of ether oxygens (including phenoxy) is 2. The van der Waals surface area contributed by atoms with Crippen LogP contribution >= 0.6 is 11.3 Å². The Bertz CT molecular complexity index is 1110. The van der Waals surface area contributed by atoms with Gasteiger partial charge in [-0.2, -0.15) is 4.98 Å². The molecule has 7 heteroatoms. The molecule has 0 amide bonds. The van der Waals surface area contributed by atoms with E-state index >= 15 is 0 Å². The van der Waals surface area contributed by atoms with Crippen LogP contribution in [-0.2, 0) is 0 Å². The minimum absolute atomic E-state index is 0.209. The zero-order valence-electron chi connectivity index (χ0n) is 13.8. The third-order valence-corrected chi connectivity index (χ3v) is 4.93. The van der Waals surface area contributed by atoms with Gasteiger partial charge in [-0.3, -0.25) is 0 Å². The van der Waals surface area contributed by atoms with E-state index in [0.717, 1.165) is 31.7 Å². The lowest BCUT2D eigenvalue weighted by Crippen LogP contribution is -1.94. The molecule has 0 aliphatic rings. The van der Waals surface area contributed by atoms with E-state index in [9.17, 15) is 4.39 Å². The number of hydrogen-bond donors (Lipinski definition) is 0. The average molecular weight is 355 g/mol. The summed E-state index contributed by atoms with van der Waals surface area (Å²) in [5.74, 6) is -0.217. The molecule has 2 aromatic heterocycles. The zero-order valence-corrected chi connectivity index (χ0v) is 14.6. The van der Waals surface area contributed by atoms with Crippen molar-refractivity contribution in [2.75, 3.05) is 14.2 Å². The van der Waals surface area contributed by atoms with Crippen LogP contribution in [0.4, 0.5) is 4.39 Å². The van der Waals surface area contributed by atoms with E-state index in [0.29, 0.717) is 11.5 Å². The van der Waals surface area contributed by atoms with E-state index < -0.39 is 5.82 Å². The third kappa shape index (κ3) is 2.66. The van der Waals surface area contributed by atoms with Gasteiger partial charge in [-0.25, -0.2) is 14.4 Å². The largest absolute Gasteiger partial charge is 0.494 e. The molecule has 4 aromatic rings. The molecule has 25 heavy (non-hydrogen) atoms. The molecule has 0 bridgehead atoms. The summed E-state index contributed by atoms with van der Waals surface area (Å²) in [7, 11) is 2.98. The van der Waals surface area contributed by atoms with Crippen molar-refractivity contribution in [3.63, 3.8) is 0 Å². The second kappa shape index (κ2) is 5.93. The normalized spacial score (nSPS) is 11.2. The second-order valence-corrected chi connectivity index (χ2v) is 6.61. The smallest absolute Gasteiger partial charge is 0.316 e. The van der Waals surface area contributed by atoms with Crippen molar-refractivity contribution in [2.45, 2.75) is 6.92 Å². The fraction of sp³-hybridized carbons (Fsp3) is 0.167. The van der Waals surface area contributed by atoms with E-state index in [1.165, 1.54) is 31.6 Å². The van der Waals surface area contributed by atoms with Gasteiger partial charge in [0.05, 0.1) is 30.0 Å². The fourth-order valence-corrected chi connectivity index (χ4v) is 3.73. The number of fused-ring (bicyclic) bond motifs is 2. The van der Waals surface area contributed by atoms with Gasteiger partial charge in [-0.1, -0.05) is 0 Å². The molecule has 0 atom stereocenters. The van der Waals surface area contributed by atoms with Crippen LogP contribution < -0.4 is 9.47 Å². The van der Waals surface area contributed by atoms with Gasteiger partial charge in [0.2, 0.25) is 0 Å². The predicted molar refractivity (Wildman–Crippen MR) is 96.0 cm³/mol. The molecule has 0 saturated carbocycles. The zero-order chi connectivity index (χ0) is 17.6. The Kier molecular flexibility index (Phi) is 3.73. The van der Waals surface area contributed by atoms with Gasteiger partial charge in [0.1, 0.15) is 5.01 Å². The molecule has 126 valence electrons. The molecule has 0 saturated heterocycles. The number of thiazole rings is 1. The lowest BCUT2D eigenvalue weighted by Gasteiger charge is -2.06. The molecule has 0 radical (unpaired) electrons. The van der Waals surface area contributed by atoms with Crippen molar-refractivity contribution in [3.8, 4) is 22.3 Å². The molecule has 0 N–H and O–H groups in total. The van der Waals surface area contributed by atoms with Gasteiger partial charge in [0.25, 0.3) is 0 Å². The first kappa shape index (κ1) is 15.7. The first-order valence-electron chi connectivity index (χ1n) is 7.55. The Labute approximate surface area is 147 Å². The van der Waals surface area contributed by atoms with E-state index in [-0.39, 0.29) is 5.75 Å². The highest BCUT2D eigenvalue weighted by Crippen LogP contribution is 2.37. The summed E-state index contributed by atoms with van der Waals surface area (Å²) >= 11 is 1.47. The summed E-state index contributed by atoms with van der Waals surface area (Å²) < 4.78 is 25.0. The van der Waals surface area contributed by atoms with Crippen molar-refractivity contribution < 1.29 is 13.9 Å². The van der Waals surface area contributed by atoms with Crippen molar-refractivity contribution in [3.05, 3.63) is 41.8 Å². The molecule has 2 heterocycles. The minimum atomic E-state index is -0.426. The summed E-state index contributed by atoms with van der Waals surface area (Å²) in [6.45, 7) is 2.00. The Hall–Kier alpha value is -2.80. The van der Waals surface area contributed by atoms with Crippen LogP contribution in [0.25, 0.3) is 31.7 Å². The first-order valence-corrected chi connectivity index (χ1v) is 8.36. The van der Waals surface area contributed by atoms with Crippen molar-refractivity contribution in [1.29, 1.82) is 0 Å². The molecule has 2 aromatic carbocycles. The number of nitrogens with zero attached hydrogens (tertiary/aromatic N) is 3. The van der Waals surface area contributed by atoms with Crippen LogP contribution in [0.15, 0.2) is 30.5 Å². The second-order valence-electron chi connectivity index (χ2n) is 5.58. The quantitative estimate of drug-likeness (QED) is 0.546. The maximum absolute atomic E-state index is 13.9. The molecular weight excluding hydrogens is 341 g/mol. The van der Waals surface area contributed by atoms with Crippen LogP contribution in [0.2, 0.25) is 0 Å². The third-order valence-electron chi connectivity index (χ3n) is 3.88. The number of hydrogen-bond acceptors (Lipinski definition) is 6. The summed E-state index contributed by atoms with van der Waals surface area (Å²) in [6, 6.07) is 7.38. The van der Waals surface area contributed by atoms with E-state index in [4.69, 9.17) is 9.47 Å². The molecule has 0 spiro atoms. The molecule has 4 rings (SSSR count). The average Bonchev–Trinajstić information content (AvgIpc) is 3.02. The van der Waals surface area contributed by atoms with Gasteiger partial charge >= 0.3 is 6.01 Å². The monoisotopic (exact) mass is 355 g/mol. The molecule has 0 aliphatic heterocycles. The van der Waals surface area contributed by atoms with E-state index in [2.05, 4.69) is 15.0 Å². The number of aryl methyl sites for hydroxylation is 1. The summed E-state index contributed by atoms with van der Waals surface area (Å²) in [6.07, 6.45) is 1.73. The molecule has 0 unspecified atom stereocenters. The van der Waals surface area contributed by atoms with Gasteiger partial charge in [0.15, 0.2) is 11.6 Å². The number of aromatic nitrogens is 3. The predicted octanol–water partition coefficient (Wildman–Crippen LogP) is 4.37. The van der Waals surface area contributed by atoms with Gasteiger partial charge < -0.3 is 9.47 Å². The Morgan fingerprint density at radius 1 is 1.04 bits per heavy atom. The first-order chi connectivity index (χ1) is 12.1. The Balaban J connectivity index is 1.98. The highest BCUT2D eigenvalue weighted by atomic mass is 32.1. The summed E-state index contributed by atoms with van der Waals surface area (Å²) in [4.78, 5) is 13.2. The lowest BCUT2D eigenvalue weighted by molar-refractivity contribution is 0.382. The topological polar surface area (TPSA) is 57.1 Å². The van der Waals surface area contributed by atoms with Crippen LogP contribution in [0.5, 0.6) is 11.8 Å². The minimum Gasteiger partial charge on any atom is -0.494 e. The highest BCUT2D eigenvalue weighted by molar-refractivity contribution is 7.21. The van der Waals surface area contributed by atoms with Crippen LogP contribution in [0.3, 0.4) is 0 Å². The Morgan fingerprint density at radius 2 is 1.88 bits per heavy atom. The Morgan fingerprint density at radius 3 is 2.64 bits per heavy atom. The summed E-state index contributed by atoms with van der Waals surface area (Å²) in [5.41, 5.74) is 3.29. The number of benzene rings is 2. The highest BCUT2D eigenvalue weighted by Gasteiger charge is 2.15. The van der Waals surface area contributed by atoms with Crippen LogP contribution in [0.1, 0.15) is 5.56 Å². The molecule has 0 fully saturated rings. The molecular formula is C18H14FN3O2S.